The van der Waals surface area contributed by atoms with Gasteiger partial charge in [0.25, 0.3) is 0 Å². The number of anilines is 1. The van der Waals surface area contributed by atoms with Gasteiger partial charge in [-0.05, 0) is 60.0 Å². The van der Waals surface area contributed by atoms with E-state index in [4.69, 9.17) is 5.84 Å². The number of rotatable bonds is 4. The Morgan fingerprint density at radius 3 is 2.15 bits per heavy atom. The van der Waals surface area contributed by atoms with Crippen LogP contribution in [0, 0.1) is 0 Å². The Hall–Kier alpha value is -2.86. The van der Waals surface area contributed by atoms with Crippen molar-refractivity contribution in [3.05, 3.63) is 84.2 Å². The van der Waals surface area contributed by atoms with Gasteiger partial charge >= 0.3 is 6.18 Å². The van der Waals surface area contributed by atoms with Gasteiger partial charge in [-0.1, -0.05) is 24.3 Å². The molecule has 3 aromatic rings. The van der Waals surface area contributed by atoms with Gasteiger partial charge in [-0.15, -0.1) is 0 Å². The Labute approximate surface area is 149 Å². The standard InChI is InChI=1S/C20H18F3N3/c1-14(17-3-2-4-18(13-17)20(21,22)23)26(24)19-7-5-15(6-8-19)16-9-11-25-12-10-16/h2-14H,24H2,1H3/t14-/m1/s1. The van der Waals surface area contributed by atoms with Crippen LogP contribution in [0.3, 0.4) is 0 Å². The van der Waals surface area contributed by atoms with Crippen molar-refractivity contribution in [3.8, 4) is 11.1 Å². The molecule has 0 bridgehead atoms. The highest BCUT2D eigenvalue weighted by Gasteiger charge is 2.31. The largest absolute Gasteiger partial charge is 0.416 e. The molecule has 134 valence electrons. The van der Waals surface area contributed by atoms with Crippen LogP contribution in [-0.4, -0.2) is 4.98 Å². The van der Waals surface area contributed by atoms with Gasteiger partial charge in [0.1, 0.15) is 0 Å². The van der Waals surface area contributed by atoms with Crippen molar-refractivity contribution in [2.75, 3.05) is 5.01 Å². The number of benzene rings is 2. The highest BCUT2D eigenvalue weighted by atomic mass is 19.4. The van der Waals surface area contributed by atoms with E-state index >= 15 is 0 Å². The summed E-state index contributed by atoms with van der Waals surface area (Å²) in [6.07, 6.45) is -0.941. The molecule has 3 rings (SSSR count). The van der Waals surface area contributed by atoms with Crippen molar-refractivity contribution in [1.29, 1.82) is 0 Å². The Morgan fingerprint density at radius 1 is 0.923 bits per heavy atom. The predicted molar refractivity (Wildman–Crippen MR) is 96.2 cm³/mol. The van der Waals surface area contributed by atoms with Crippen LogP contribution in [-0.2, 0) is 6.18 Å². The smallest absolute Gasteiger partial charge is 0.304 e. The minimum atomic E-state index is -4.37. The molecule has 0 fully saturated rings. The number of hydrazine groups is 1. The lowest BCUT2D eigenvalue weighted by Crippen LogP contribution is -2.33. The molecular weight excluding hydrogens is 339 g/mol. The molecule has 26 heavy (non-hydrogen) atoms. The molecule has 0 unspecified atom stereocenters. The molecule has 1 aromatic heterocycles. The zero-order valence-corrected chi connectivity index (χ0v) is 14.1. The molecule has 0 aliphatic carbocycles. The lowest BCUT2D eigenvalue weighted by atomic mass is 10.0. The molecule has 0 saturated carbocycles. The van der Waals surface area contributed by atoms with Crippen molar-refractivity contribution in [2.45, 2.75) is 19.1 Å². The van der Waals surface area contributed by atoms with Crippen LogP contribution in [0.2, 0.25) is 0 Å². The van der Waals surface area contributed by atoms with Gasteiger partial charge in [0.15, 0.2) is 0 Å². The van der Waals surface area contributed by atoms with E-state index in [0.29, 0.717) is 11.3 Å². The van der Waals surface area contributed by atoms with Crippen LogP contribution in [0.25, 0.3) is 11.1 Å². The fraction of sp³-hybridized carbons (Fsp3) is 0.150. The van der Waals surface area contributed by atoms with Crippen molar-refractivity contribution in [3.63, 3.8) is 0 Å². The number of nitrogens with two attached hydrogens (primary N) is 1. The van der Waals surface area contributed by atoms with Crippen molar-refractivity contribution >= 4 is 5.69 Å². The number of hydrogen-bond acceptors (Lipinski definition) is 3. The van der Waals surface area contributed by atoms with Gasteiger partial charge in [-0.25, -0.2) is 5.84 Å². The third-order valence-corrected chi connectivity index (χ3v) is 4.29. The van der Waals surface area contributed by atoms with Gasteiger partial charge < -0.3 is 5.01 Å². The number of aromatic nitrogens is 1. The molecule has 3 nitrogen and oxygen atoms in total. The van der Waals surface area contributed by atoms with E-state index in [2.05, 4.69) is 4.98 Å². The summed E-state index contributed by atoms with van der Waals surface area (Å²) in [5.41, 5.74) is 2.58. The average molecular weight is 357 g/mol. The Kier molecular flexibility index (Phi) is 4.95. The summed E-state index contributed by atoms with van der Waals surface area (Å²) >= 11 is 0. The minimum absolute atomic E-state index is 0.413. The summed E-state index contributed by atoms with van der Waals surface area (Å²) in [7, 11) is 0. The molecule has 6 heteroatoms. The Morgan fingerprint density at radius 2 is 1.54 bits per heavy atom. The summed E-state index contributed by atoms with van der Waals surface area (Å²) in [4.78, 5) is 3.99. The van der Waals surface area contributed by atoms with Crippen molar-refractivity contribution < 1.29 is 13.2 Å². The first-order valence-corrected chi connectivity index (χ1v) is 8.08. The molecule has 1 heterocycles. The Balaban J connectivity index is 1.82. The first-order chi connectivity index (χ1) is 12.4. The quantitative estimate of drug-likeness (QED) is 0.515. The first-order valence-electron chi connectivity index (χ1n) is 8.08. The zero-order valence-electron chi connectivity index (χ0n) is 14.1. The number of hydrogen-bond donors (Lipinski definition) is 1. The zero-order chi connectivity index (χ0) is 18.7. The van der Waals surface area contributed by atoms with E-state index in [1.54, 1.807) is 25.4 Å². The fourth-order valence-electron chi connectivity index (χ4n) is 2.73. The van der Waals surface area contributed by atoms with Crippen LogP contribution in [0.15, 0.2) is 73.1 Å². The summed E-state index contributed by atoms with van der Waals surface area (Å²) in [6, 6.07) is 16.2. The summed E-state index contributed by atoms with van der Waals surface area (Å²) in [5, 5.41) is 1.46. The van der Waals surface area contributed by atoms with E-state index in [1.807, 2.05) is 36.4 Å². The van der Waals surface area contributed by atoms with Crippen LogP contribution < -0.4 is 10.9 Å². The maximum atomic E-state index is 12.9. The lowest BCUT2D eigenvalue weighted by Gasteiger charge is -2.27. The molecule has 2 aromatic carbocycles. The van der Waals surface area contributed by atoms with E-state index in [9.17, 15) is 13.2 Å². The molecule has 1 atom stereocenters. The summed E-state index contributed by atoms with van der Waals surface area (Å²) in [6.45, 7) is 1.77. The van der Waals surface area contributed by atoms with Crippen LogP contribution >= 0.6 is 0 Å². The SMILES string of the molecule is C[C@H](c1cccc(C(F)(F)F)c1)N(N)c1ccc(-c2ccncc2)cc1. The van der Waals surface area contributed by atoms with E-state index in [-0.39, 0.29) is 0 Å². The maximum absolute atomic E-state index is 12.9. The highest BCUT2D eigenvalue weighted by Crippen LogP contribution is 2.32. The van der Waals surface area contributed by atoms with Gasteiger partial charge in [0.05, 0.1) is 17.3 Å². The number of alkyl halides is 3. The second kappa shape index (κ2) is 7.17. The fourth-order valence-corrected chi connectivity index (χ4v) is 2.73. The predicted octanol–water partition coefficient (Wildman–Crippen LogP) is 5.21. The molecule has 0 saturated heterocycles. The third-order valence-electron chi connectivity index (χ3n) is 4.29. The van der Waals surface area contributed by atoms with Crippen LogP contribution in [0.1, 0.15) is 24.1 Å². The van der Waals surface area contributed by atoms with E-state index < -0.39 is 17.8 Å². The van der Waals surface area contributed by atoms with Gasteiger partial charge in [-0.2, -0.15) is 13.2 Å². The van der Waals surface area contributed by atoms with E-state index in [1.165, 1.54) is 11.1 Å². The number of nitrogens with zero attached hydrogens (tertiary/aromatic N) is 2. The molecule has 2 N–H and O–H groups in total. The molecule has 0 spiro atoms. The topological polar surface area (TPSA) is 42.1 Å². The second-order valence-corrected chi connectivity index (χ2v) is 5.99. The normalized spacial score (nSPS) is 12.7. The summed E-state index contributed by atoms with van der Waals surface area (Å²) < 4.78 is 38.7. The van der Waals surface area contributed by atoms with Crippen LogP contribution in [0.5, 0.6) is 0 Å². The van der Waals surface area contributed by atoms with Gasteiger partial charge in [-0.3, -0.25) is 4.98 Å². The Bertz CT molecular complexity index is 861. The number of halogens is 3. The first kappa shape index (κ1) is 17.9. The van der Waals surface area contributed by atoms with Crippen molar-refractivity contribution in [1.82, 2.24) is 4.98 Å². The lowest BCUT2D eigenvalue weighted by molar-refractivity contribution is -0.137. The second-order valence-electron chi connectivity index (χ2n) is 5.99. The van der Waals surface area contributed by atoms with E-state index in [0.717, 1.165) is 23.3 Å². The minimum Gasteiger partial charge on any atom is -0.304 e. The van der Waals surface area contributed by atoms with Gasteiger partial charge in [0.2, 0.25) is 0 Å². The monoisotopic (exact) mass is 357 g/mol. The third kappa shape index (κ3) is 3.86. The van der Waals surface area contributed by atoms with Gasteiger partial charge in [0, 0.05) is 12.4 Å². The highest BCUT2D eigenvalue weighted by molar-refractivity contribution is 5.65. The number of pyridine rings is 1. The molecule has 0 radical (unpaired) electrons. The molecular formula is C20H18F3N3. The maximum Gasteiger partial charge on any atom is 0.416 e. The van der Waals surface area contributed by atoms with Crippen LogP contribution in [0.4, 0.5) is 18.9 Å². The molecule has 0 aliphatic heterocycles. The van der Waals surface area contributed by atoms with Crippen molar-refractivity contribution in [2.24, 2.45) is 5.84 Å². The summed E-state index contributed by atoms with van der Waals surface area (Å²) in [5.74, 6) is 6.16. The average Bonchev–Trinajstić information content (AvgIpc) is 2.67. The molecule has 0 amide bonds. The molecule has 0 aliphatic rings.